The molecule has 0 unspecified atom stereocenters. The Morgan fingerprint density at radius 2 is 1.78 bits per heavy atom. The summed E-state index contributed by atoms with van der Waals surface area (Å²) in [5, 5.41) is 7.72. The minimum absolute atomic E-state index is 0.439. The lowest BCUT2D eigenvalue weighted by atomic mass is 9.99. The van der Waals surface area contributed by atoms with E-state index in [0.29, 0.717) is 5.56 Å². The van der Waals surface area contributed by atoms with E-state index in [4.69, 9.17) is 5.73 Å². The number of fused-ring (bicyclic) bond motifs is 1. The molecule has 4 rings (SSSR count). The Kier molecular flexibility index (Phi) is 4.92. The molecule has 0 spiro atoms. The summed E-state index contributed by atoms with van der Waals surface area (Å²) in [6.07, 6.45) is 1.64. The van der Waals surface area contributed by atoms with Gasteiger partial charge in [-0.15, -0.1) is 0 Å². The second-order valence-electron chi connectivity index (χ2n) is 7.13. The summed E-state index contributed by atoms with van der Waals surface area (Å²) >= 11 is 0. The first-order chi connectivity index (χ1) is 13.1. The number of piperazine rings is 1. The predicted molar refractivity (Wildman–Crippen MR) is 107 cm³/mol. The highest BCUT2D eigenvalue weighted by atomic mass is 16.1. The van der Waals surface area contributed by atoms with Gasteiger partial charge in [0.25, 0.3) is 0 Å². The van der Waals surface area contributed by atoms with Crippen LogP contribution in [0.25, 0.3) is 22.0 Å². The Balaban J connectivity index is 1.52. The van der Waals surface area contributed by atoms with Crippen molar-refractivity contribution in [1.82, 2.24) is 20.0 Å². The second-order valence-corrected chi connectivity index (χ2v) is 7.13. The van der Waals surface area contributed by atoms with Crippen LogP contribution in [-0.2, 0) is 6.54 Å². The smallest absolute Gasteiger partial charge is 0.249 e. The van der Waals surface area contributed by atoms with Crippen LogP contribution < -0.4 is 5.73 Å². The lowest BCUT2D eigenvalue weighted by molar-refractivity contribution is 0.100. The summed E-state index contributed by atoms with van der Waals surface area (Å²) < 4.78 is 0. The van der Waals surface area contributed by atoms with Crippen LogP contribution in [0.15, 0.2) is 42.6 Å². The molecular formula is C21H25N5O. The molecule has 1 aromatic heterocycles. The van der Waals surface area contributed by atoms with Crippen LogP contribution in [0.4, 0.5) is 0 Å². The van der Waals surface area contributed by atoms with Gasteiger partial charge in [0.15, 0.2) is 0 Å². The molecule has 27 heavy (non-hydrogen) atoms. The van der Waals surface area contributed by atoms with Crippen LogP contribution in [0.2, 0.25) is 0 Å². The number of aromatic nitrogens is 2. The Hall–Kier alpha value is -2.70. The number of rotatable bonds is 5. The molecule has 0 bridgehead atoms. The van der Waals surface area contributed by atoms with Crippen LogP contribution in [-0.4, -0.2) is 58.6 Å². The van der Waals surface area contributed by atoms with Gasteiger partial charge in [-0.25, -0.2) is 0 Å². The first-order valence-electron chi connectivity index (χ1n) is 9.45. The maximum absolute atomic E-state index is 11.8. The number of nitrogens with one attached hydrogen (secondary N) is 1. The summed E-state index contributed by atoms with van der Waals surface area (Å²) in [5.41, 5.74) is 10.2. The maximum Gasteiger partial charge on any atom is 0.249 e. The quantitative estimate of drug-likeness (QED) is 0.730. The minimum Gasteiger partial charge on any atom is -0.366 e. The zero-order valence-electron chi connectivity index (χ0n) is 15.6. The average molecular weight is 363 g/mol. The van der Waals surface area contributed by atoms with Gasteiger partial charge in [-0.3, -0.25) is 14.8 Å². The summed E-state index contributed by atoms with van der Waals surface area (Å²) in [4.78, 5) is 16.8. The second kappa shape index (κ2) is 7.50. The molecule has 3 N–H and O–H groups in total. The van der Waals surface area contributed by atoms with Crippen molar-refractivity contribution in [2.24, 2.45) is 5.73 Å². The lowest BCUT2D eigenvalue weighted by Gasteiger charge is -2.34. The number of benzene rings is 2. The van der Waals surface area contributed by atoms with Crippen molar-refractivity contribution in [1.29, 1.82) is 0 Å². The number of primary amides is 1. The van der Waals surface area contributed by atoms with Gasteiger partial charge in [0.05, 0.1) is 17.3 Å². The Labute approximate surface area is 159 Å². The molecule has 1 aliphatic heterocycles. The highest BCUT2D eigenvalue weighted by Gasteiger charge is 2.16. The Morgan fingerprint density at radius 1 is 1.07 bits per heavy atom. The monoisotopic (exact) mass is 363 g/mol. The van der Waals surface area contributed by atoms with Gasteiger partial charge in [-0.05, 0) is 35.4 Å². The molecule has 6 nitrogen and oxygen atoms in total. The van der Waals surface area contributed by atoms with E-state index in [0.717, 1.165) is 61.3 Å². The Bertz CT molecular complexity index is 939. The Morgan fingerprint density at radius 3 is 2.44 bits per heavy atom. The van der Waals surface area contributed by atoms with Gasteiger partial charge in [0.2, 0.25) is 5.91 Å². The molecule has 1 amide bonds. The van der Waals surface area contributed by atoms with Crippen molar-refractivity contribution in [3.63, 3.8) is 0 Å². The number of nitrogens with zero attached hydrogens (tertiary/aromatic N) is 3. The maximum atomic E-state index is 11.8. The third-order valence-electron chi connectivity index (χ3n) is 5.43. The number of carbonyl (C=O) groups is 1. The largest absolute Gasteiger partial charge is 0.366 e. The van der Waals surface area contributed by atoms with Gasteiger partial charge < -0.3 is 10.6 Å². The van der Waals surface area contributed by atoms with Crippen molar-refractivity contribution in [3.05, 3.63) is 53.7 Å². The summed E-state index contributed by atoms with van der Waals surface area (Å²) in [5.74, 6) is -0.439. The molecule has 0 atom stereocenters. The van der Waals surface area contributed by atoms with E-state index < -0.39 is 5.91 Å². The van der Waals surface area contributed by atoms with Gasteiger partial charge in [-0.2, -0.15) is 5.10 Å². The summed E-state index contributed by atoms with van der Waals surface area (Å²) in [6.45, 7) is 8.87. The molecule has 2 aromatic carbocycles. The number of hydrogen-bond acceptors (Lipinski definition) is 4. The van der Waals surface area contributed by atoms with Crippen molar-refractivity contribution >= 4 is 16.8 Å². The molecule has 0 saturated carbocycles. The van der Waals surface area contributed by atoms with Crippen LogP contribution in [0.5, 0.6) is 0 Å². The minimum atomic E-state index is -0.439. The number of carbonyl (C=O) groups excluding carboxylic acids is 1. The molecule has 1 aliphatic rings. The number of amides is 1. The van der Waals surface area contributed by atoms with E-state index in [-0.39, 0.29) is 0 Å². The fourth-order valence-corrected chi connectivity index (χ4v) is 3.75. The van der Waals surface area contributed by atoms with Crippen molar-refractivity contribution in [3.8, 4) is 11.1 Å². The standard InChI is InChI=1S/C21H25N5O/c1-2-25-7-9-26(10-8-25)14-15-3-5-16(6-4-15)17-11-18(21(22)27)19-13-23-24-20(19)12-17/h3-6,11-13H,2,7-10,14H2,1H3,(H2,22,27)(H,23,24). The third kappa shape index (κ3) is 3.72. The molecular weight excluding hydrogens is 338 g/mol. The molecule has 6 heteroatoms. The number of hydrogen-bond donors (Lipinski definition) is 2. The van der Waals surface area contributed by atoms with Gasteiger partial charge in [0, 0.05) is 38.1 Å². The van der Waals surface area contributed by atoms with Crippen molar-refractivity contribution < 1.29 is 4.79 Å². The number of likely N-dealkylation sites (N-methyl/N-ethyl adjacent to an activating group) is 1. The topological polar surface area (TPSA) is 78.2 Å². The van der Waals surface area contributed by atoms with Crippen molar-refractivity contribution in [2.75, 3.05) is 32.7 Å². The fourth-order valence-electron chi connectivity index (χ4n) is 3.75. The first-order valence-corrected chi connectivity index (χ1v) is 9.45. The molecule has 3 aromatic rings. The molecule has 1 fully saturated rings. The zero-order chi connectivity index (χ0) is 18.8. The molecule has 0 aliphatic carbocycles. The summed E-state index contributed by atoms with van der Waals surface area (Å²) in [6, 6.07) is 12.4. The van der Waals surface area contributed by atoms with Gasteiger partial charge in [0.1, 0.15) is 0 Å². The number of H-pyrrole nitrogens is 1. The van der Waals surface area contributed by atoms with Gasteiger partial charge in [-0.1, -0.05) is 31.2 Å². The van der Waals surface area contributed by atoms with Crippen molar-refractivity contribution in [2.45, 2.75) is 13.5 Å². The number of nitrogens with two attached hydrogens (primary N) is 1. The third-order valence-corrected chi connectivity index (χ3v) is 5.43. The summed E-state index contributed by atoms with van der Waals surface area (Å²) in [7, 11) is 0. The highest BCUT2D eigenvalue weighted by Crippen LogP contribution is 2.27. The lowest BCUT2D eigenvalue weighted by Crippen LogP contribution is -2.45. The average Bonchev–Trinajstić information content (AvgIpc) is 3.17. The van der Waals surface area contributed by atoms with E-state index in [2.05, 4.69) is 51.2 Å². The van der Waals surface area contributed by atoms with Gasteiger partial charge >= 0.3 is 0 Å². The highest BCUT2D eigenvalue weighted by molar-refractivity contribution is 6.07. The van der Waals surface area contributed by atoms with E-state index in [1.165, 1.54) is 5.56 Å². The van der Waals surface area contributed by atoms with Crippen LogP contribution in [0.3, 0.4) is 0 Å². The zero-order valence-corrected chi connectivity index (χ0v) is 15.6. The molecule has 1 saturated heterocycles. The first kappa shape index (κ1) is 17.7. The normalized spacial score (nSPS) is 16.0. The van der Waals surface area contributed by atoms with E-state index in [1.807, 2.05) is 12.1 Å². The van der Waals surface area contributed by atoms with E-state index in [9.17, 15) is 4.79 Å². The molecule has 140 valence electrons. The predicted octanol–water partition coefficient (Wildman–Crippen LogP) is 2.47. The number of aromatic amines is 1. The molecule has 2 heterocycles. The van der Waals surface area contributed by atoms with E-state index >= 15 is 0 Å². The van der Waals surface area contributed by atoms with Crippen LogP contribution >= 0.6 is 0 Å². The van der Waals surface area contributed by atoms with E-state index in [1.54, 1.807) is 6.20 Å². The van der Waals surface area contributed by atoms with Crippen LogP contribution in [0, 0.1) is 0 Å². The fraction of sp³-hybridized carbons (Fsp3) is 0.333. The van der Waals surface area contributed by atoms with Crippen LogP contribution in [0.1, 0.15) is 22.8 Å². The molecule has 0 radical (unpaired) electrons. The SMILES string of the molecule is CCN1CCN(Cc2ccc(-c3cc(C(N)=O)c4cn[nH]c4c3)cc2)CC1.